The molecule has 1 unspecified atom stereocenters. The lowest BCUT2D eigenvalue weighted by Gasteiger charge is -2.19. The zero-order chi connectivity index (χ0) is 8.27. The zero-order valence-corrected chi connectivity index (χ0v) is 7.80. The van der Waals surface area contributed by atoms with E-state index >= 15 is 0 Å². The Balaban J connectivity index is 2.12. The summed E-state index contributed by atoms with van der Waals surface area (Å²) in [5.41, 5.74) is 0. The van der Waals surface area contributed by atoms with Crippen molar-refractivity contribution in [3.63, 3.8) is 0 Å². The highest BCUT2D eigenvalue weighted by molar-refractivity contribution is 4.83. The standard InChI is InChI=1S/C9H19N2/c1-4-9(10-7(2)3)11-8-5-6-8/h7-10H,4-6H2,1-3H3. The summed E-state index contributed by atoms with van der Waals surface area (Å²) >= 11 is 0. The van der Waals surface area contributed by atoms with E-state index in [1.807, 2.05) is 0 Å². The molecule has 11 heavy (non-hydrogen) atoms. The van der Waals surface area contributed by atoms with Crippen LogP contribution < -0.4 is 10.6 Å². The van der Waals surface area contributed by atoms with Crippen LogP contribution >= 0.6 is 0 Å². The van der Waals surface area contributed by atoms with Gasteiger partial charge in [0, 0.05) is 12.1 Å². The number of hydrogen-bond donors (Lipinski definition) is 1. The smallest absolute Gasteiger partial charge is 0.0738 e. The van der Waals surface area contributed by atoms with Gasteiger partial charge >= 0.3 is 0 Å². The molecule has 0 amide bonds. The summed E-state index contributed by atoms with van der Waals surface area (Å²) in [6.07, 6.45) is 4.16. The number of nitrogens with one attached hydrogen (secondary N) is 1. The van der Waals surface area contributed by atoms with Gasteiger partial charge in [-0.2, -0.15) is 0 Å². The van der Waals surface area contributed by atoms with Crippen LogP contribution in [0.2, 0.25) is 0 Å². The molecule has 2 heteroatoms. The molecule has 0 aromatic heterocycles. The van der Waals surface area contributed by atoms with E-state index in [9.17, 15) is 0 Å². The minimum Gasteiger partial charge on any atom is -0.298 e. The Bertz CT molecular complexity index is 104. The summed E-state index contributed by atoms with van der Waals surface area (Å²) in [6.45, 7) is 6.53. The van der Waals surface area contributed by atoms with E-state index in [1.165, 1.54) is 12.8 Å². The first-order valence-corrected chi connectivity index (χ1v) is 4.68. The Labute approximate surface area is 69.8 Å². The van der Waals surface area contributed by atoms with Crippen LogP contribution in [0, 0.1) is 0 Å². The molecule has 1 atom stereocenters. The molecule has 1 N–H and O–H groups in total. The van der Waals surface area contributed by atoms with Crippen LogP contribution in [0.3, 0.4) is 0 Å². The van der Waals surface area contributed by atoms with Crippen molar-refractivity contribution in [1.29, 1.82) is 0 Å². The molecule has 0 aromatic rings. The average molecular weight is 155 g/mol. The lowest BCUT2D eigenvalue weighted by Crippen LogP contribution is -2.41. The highest BCUT2D eigenvalue weighted by Crippen LogP contribution is 2.21. The summed E-state index contributed by atoms with van der Waals surface area (Å²) in [7, 11) is 0. The first-order chi connectivity index (χ1) is 5.22. The second kappa shape index (κ2) is 4.07. The molecule has 2 nitrogen and oxygen atoms in total. The maximum atomic E-state index is 4.64. The zero-order valence-electron chi connectivity index (χ0n) is 7.80. The van der Waals surface area contributed by atoms with Gasteiger partial charge in [0.15, 0.2) is 0 Å². The Morgan fingerprint density at radius 1 is 1.45 bits per heavy atom. The Hall–Kier alpha value is -0.0800. The average Bonchev–Trinajstić information content (AvgIpc) is 2.69. The molecule has 0 spiro atoms. The molecular weight excluding hydrogens is 136 g/mol. The van der Waals surface area contributed by atoms with Crippen LogP contribution in [-0.2, 0) is 0 Å². The third-order valence-corrected chi connectivity index (χ3v) is 1.85. The number of nitrogens with zero attached hydrogens (tertiary/aromatic N) is 1. The van der Waals surface area contributed by atoms with Crippen molar-refractivity contribution in [3.05, 3.63) is 0 Å². The molecular formula is C9H19N2. The summed E-state index contributed by atoms with van der Waals surface area (Å²) in [5, 5.41) is 8.07. The third kappa shape index (κ3) is 3.73. The van der Waals surface area contributed by atoms with Crippen LogP contribution in [0.4, 0.5) is 0 Å². The topological polar surface area (TPSA) is 26.1 Å². The molecule has 0 heterocycles. The van der Waals surface area contributed by atoms with Crippen LogP contribution in [0.25, 0.3) is 0 Å². The van der Waals surface area contributed by atoms with Crippen molar-refractivity contribution in [2.75, 3.05) is 0 Å². The Morgan fingerprint density at radius 3 is 2.45 bits per heavy atom. The second-order valence-corrected chi connectivity index (χ2v) is 3.63. The van der Waals surface area contributed by atoms with Crippen LogP contribution in [-0.4, -0.2) is 18.2 Å². The van der Waals surface area contributed by atoms with E-state index in [0.29, 0.717) is 18.2 Å². The van der Waals surface area contributed by atoms with Gasteiger partial charge in [-0.3, -0.25) is 5.32 Å². The maximum Gasteiger partial charge on any atom is 0.0738 e. The van der Waals surface area contributed by atoms with Crippen molar-refractivity contribution in [3.8, 4) is 0 Å². The van der Waals surface area contributed by atoms with Crippen LogP contribution in [0.1, 0.15) is 40.0 Å². The van der Waals surface area contributed by atoms with Crippen molar-refractivity contribution in [1.82, 2.24) is 10.6 Å². The van der Waals surface area contributed by atoms with Crippen molar-refractivity contribution < 1.29 is 0 Å². The molecule has 0 saturated heterocycles. The molecule has 1 radical (unpaired) electrons. The van der Waals surface area contributed by atoms with Crippen LogP contribution in [0.15, 0.2) is 0 Å². The molecule has 0 aromatic carbocycles. The predicted octanol–water partition coefficient (Wildman–Crippen LogP) is 1.49. The fraction of sp³-hybridized carbons (Fsp3) is 1.00. The predicted molar refractivity (Wildman–Crippen MR) is 47.5 cm³/mol. The first kappa shape index (κ1) is 9.01. The van der Waals surface area contributed by atoms with Crippen molar-refractivity contribution in [2.45, 2.75) is 58.3 Å². The quantitative estimate of drug-likeness (QED) is 0.639. The minimum atomic E-state index is 0.405. The summed E-state index contributed by atoms with van der Waals surface area (Å²) in [6, 6.07) is 1.24. The molecule has 1 saturated carbocycles. The van der Waals surface area contributed by atoms with E-state index in [4.69, 9.17) is 0 Å². The van der Waals surface area contributed by atoms with Gasteiger partial charge in [0.25, 0.3) is 0 Å². The minimum absolute atomic E-state index is 0.405. The number of rotatable bonds is 5. The highest BCUT2D eigenvalue weighted by atomic mass is 15.2. The number of hydrogen-bond acceptors (Lipinski definition) is 1. The van der Waals surface area contributed by atoms with Gasteiger partial charge in [0.1, 0.15) is 0 Å². The van der Waals surface area contributed by atoms with Crippen LogP contribution in [0.5, 0.6) is 0 Å². The van der Waals surface area contributed by atoms with Crippen molar-refractivity contribution >= 4 is 0 Å². The van der Waals surface area contributed by atoms with Gasteiger partial charge in [-0.1, -0.05) is 6.92 Å². The van der Waals surface area contributed by atoms with Gasteiger partial charge in [-0.25, -0.2) is 5.32 Å². The molecule has 0 aliphatic heterocycles. The Kier molecular flexibility index (Phi) is 3.34. The molecule has 1 aliphatic carbocycles. The normalized spacial score (nSPS) is 20.7. The van der Waals surface area contributed by atoms with Crippen molar-refractivity contribution in [2.24, 2.45) is 0 Å². The first-order valence-electron chi connectivity index (χ1n) is 4.68. The third-order valence-electron chi connectivity index (χ3n) is 1.85. The maximum absolute atomic E-state index is 4.64. The summed E-state index contributed by atoms with van der Waals surface area (Å²) < 4.78 is 0. The fourth-order valence-electron chi connectivity index (χ4n) is 1.13. The van der Waals surface area contributed by atoms with E-state index in [0.717, 1.165) is 6.42 Å². The van der Waals surface area contributed by atoms with Gasteiger partial charge < -0.3 is 0 Å². The van der Waals surface area contributed by atoms with E-state index in [2.05, 4.69) is 31.4 Å². The van der Waals surface area contributed by atoms with E-state index in [1.54, 1.807) is 0 Å². The molecule has 1 rings (SSSR count). The molecule has 65 valence electrons. The Morgan fingerprint density at radius 2 is 2.09 bits per heavy atom. The summed E-state index contributed by atoms with van der Waals surface area (Å²) in [5.74, 6) is 0. The lowest BCUT2D eigenvalue weighted by molar-refractivity contribution is 0.373. The molecule has 0 bridgehead atoms. The second-order valence-electron chi connectivity index (χ2n) is 3.63. The largest absolute Gasteiger partial charge is 0.298 e. The van der Waals surface area contributed by atoms with E-state index < -0.39 is 0 Å². The van der Waals surface area contributed by atoms with Gasteiger partial charge in [0.2, 0.25) is 0 Å². The van der Waals surface area contributed by atoms with Gasteiger partial charge in [0.05, 0.1) is 6.17 Å². The fourth-order valence-corrected chi connectivity index (χ4v) is 1.13. The molecule has 1 fully saturated rings. The van der Waals surface area contributed by atoms with E-state index in [-0.39, 0.29) is 0 Å². The van der Waals surface area contributed by atoms with Gasteiger partial charge in [-0.15, -0.1) is 0 Å². The van der Waals surface area contributed by atoms with Gasteiger partial charge in [-0.05, 0) is 33.1 Å². The SMILES string of the molecule is CCC([N]C1CC1)NC(C)C. The monoisotopic (exact) mass is 155 g/mol. The highest BCUT2D eigenvalue weighted by Gasteiger charge is 2.25. The summed E-state index contributed by atoms with van der Waals surface area (Å²) in [4.78, 5) is 0. The lowest BCUT2D eigenvalue weighted by atomic mass is 10.3. The molecule has 1 aliphatic rings.